The van der Waals surface area contributed by atoms with Gasteiger partial charge in [0.1, 0.15) is 23.7 Å². The SMILES string of the molecule is COc1c(Oc2c(C)cc(N)cc2C)ccc(OCc2ccccc2)c1C(C)=O. The average Bonchev–Trinajstić information content (AvgIpc) is 2.69. The van der Waals surface area contributed by atoms with Crippen LogP contribution in [0.3, 0.4) is 0 Å². The van der Waals surface area contributed by atoms with E-state index in [-0.39, 0.29) is 5.78 Å². The Morgan fingerprint density at radius 2 is 1.55 bits per heavy atom. The van der Waals surface area contributed by atoms with Crippen LogP contribution in [0.15, 0.2) is 54.6 Å². The van der Waals surface area contributed by atoms with Crippen molar-refractivity contribution in [3.05, 3.63) is 76.9 Å². The Hall–Kier alpha value is -3.47. The predicted octanol–water partition coefficient (Wildman–Crippen LogP) is 5.47. The van der Waals surface area contributed by atoms with E-state index < -0.39 is 0 Å². The molecule has 0 radical (unpaired) electrons. The zero-order chi connectivity index (χ0) is 21.0. The van der Waals surface area contributed by atoms with Gasteiger partial charge in [0.2, 0.25) is 0 Å². The molecule has 0 aliphatic carbocycles. The third-order valence-electron chi connectivity index (χ3n) is 4.57. The molecule has 0 saturated heterocycles. The summed E-state index contributed by atoms with van der Waals surface area (Å²) < 4.78 is 17.6. The van der Waals surface area contributed by atoms with Gasteiger partial charge in [0.25, 0.3) is 0 Å². The molecule has 2 N–H and O–H groups in total. The number of aryl methyl sites for hydroxylation is 2. The van der Waals surface area contributed by atoms with Crippen molar-refractivity contribution in [2.75, 3.05) is 12.8 Å². The number of hydrogen-bond acceptors (Lipinski definition) is 5. The Balaban J connectivity index is 1.97. The van der Waals surface area contributed by atoms with Gasteiger partial charge in [-0.15, -0.1) is 0 Å². The fourth-order valence-corrected chi connectivity index (χ4v) is 3.27. The second kappa shape index (κ2) is 8.69. The standard InChI is InChI=1S/C24H25NO4/c1-15-12-19(25)13-16(2)23(15)29-21-11-10-20(22(17(3)26)24(21)27-4)28-14-18-8-6-5-7-9-18/h5-13H,14,25H2,1-4H3. The first-order valence-electron chi connectivity index (χ1n) is 9.34. The zero-order valence-corrected chi connectivity index (χ0v) is 17.1. The van der Waals surface area contributed by atoms with Gasteiger partial charge in [-0.25, -0.2) is 0 Å². The molecule has 0 atom stereocenters. The number of nitrogens with two attached hydrogens (primary N) is 1. The van der Waals surface area contributed by atoms with Gasteiger partial charge in [-0.1, -0.05) is 30.3 Å². The Kier molecular flexibility index (Phi) is 6.07. The van der Waals surface area contributed by atoms with Crippen molar-refractivity contribution in [3.8, 4) is 23.0 Å². The zero-order valence-electron chi connectivity index (χ0n) is 17.1. The van der Waals surface area contributed by atoms with E-state index in [0.29, 0.717) is 40.9 Å². The van der Waals surface area contributed by atoms with Crippen molar-refractivity contribution in [1.29, 1.82) is 0 Å². The highest BCUT2D eigenvalue weighted by atomic mass is 16.5. The predicted molar refractivity (Wildman–Crippen MR) is 114 cm³/mol. The molecule has 0 aromatic heterocycles. The topological polar surface area (TPSA) is 70.8 Å². The van der Waals surface area contributed by atoms with E-state index in [1.54, 1.807) is 12.1 Å². The van der Waals surface area contributed by atoms with Gasteiger partial charge in [0, 0.05) is 5.69 Å². The number of ketones is 1. The van der Waals surface area contributed by atoms with Crippen LogP contribution in [-0.2, 0) is 6.61 Å². The molecular weight excluding hydrogens is 366 g/mol. The molecule has 0 amide bonds. The van der Waals surface area contributed by atoms with Crippen molar-refractivity contribution in [2.24, 2.45) is 0 Å². The minimum Gasteiger partial charge on any atom is -0.492 e. The molecule has 3 aromatic carbocycles. The number of carbonyl (C=O) groups is 1. The molecule has 0 fully saturated rings. The number of anilines is 1. The van der Waals surface area contributed by atoms with Crippen LogP contribution in [0.2, 0.25) is 0 Å². The van der Waals surface area contributed by atoms with Crippen LogP contribution in [0, 0.1) is 13.8 Å². The molecule has 0 saturated carbocycles. The first-order valence-corrected chi connectivity index (χ1v) is 9.34. The average molecular weight is 391 g/mol. The molecule has 0 spiro atoms. The molecule has 0 bridgehead atoms. The van der Waals surface area contributed by atoms with E-state index in [1.807, 2.05) is 56.3 Å². The maximum absolute atomic E-state index is 12.4. The van der Waals surface area contributed by atoms with Crippen LogP contribution >= 0.6 is 0 Å². The maximum atomic E-state index is 12.4. The van der Waals surface area contributed by atoms with E-state index in [0.717, 1.165) is 16.7 Å². The van der Waals surface area contributed by atoms with Gasteiger partial charge in [-0.3, -0.25) is 4.79 Å². The molecule has 0 heterocycles. The third kappa shape index (κ3) is 4.51. The normalized spacial score (nSPS) is 10.5. The molecule has 3 rings (SSSR count). The Labute approximate surface area is 171 Å². The van der Waals surface area contributed by atoms with Crippen LogP contribution in [0.25, 0.3) is 0 Å². The molecule has 5 heteroatoms. The monoisotopic (exact) mass is 391 g/mol. The largest absolute Gasteiger partial charge is 0.492 e. The molecular formula is C24H25NO4. The highest BCUT2D eigenvalue weighted by Crippen LogP contribution is 2.42. The third-order valence-corrected chi connectivity index (χ3v) is 4.57. The number of nitrogen functional groups attached to an aromatic ring is 1. The van der Waals surface area contributed by atoms with E-state index in [4.69, 9.17) is 19.9 Å². The molecule has 3 aromatic rings. The molecule has 0 unspecified atom stereocenters. The lowest BCUT2D eigenvalue weighted by atomic mass is 10.1. The minimum atomic E-state index is -0.166. The van der Waals surface area contributed by atoms with Crippen molar-refractivity contribution in [1.82, 2.24) is 0 Å². The Morgan fingerprint density at radius 3 is 2.14 bits per heavy atom. The number of benzene rings is 3. The number of Topliss-reactive ketones (excluding diaryl/α,β-unsaturated/α-hetero) is 1. The summed E-state index contributed by atoms with van der Waals surface area (Å²) in [6.45, 7) is 5.68. The van der Waals surface area contributed by atoms with Crippen LogP contribution in [-0.4, -0.2) is 12.9 Å². The lowest BCUT2D eigenvalue weighted by molar-refractivity contribution is 0.100. The summed E-state index contributed by atoms with van der Waals surface area (Å²) in [7, 11) is 1.51. The minimum absolute atomic E-state index is 0.166. The van der Waals surface area contributed by atoms with Gasteiger partial charge in [-0.05, 0) is 61.7 Å². The second-order valence-corrected chi connectivity index (χ2v) is 6.89. The van der Waals surface area contributed by atoms with E-state index in [9.17, 15) is 4.79 Å². The van der Waals surface area contributed by atoms with Gasteiger partial charge in [0.05, 0.1) is 7.11 Å². The fraction of sp³-hybridized carbons (Fsp3) is 0.208. The van der Waals surface area contributed by atoms with Gasteiger partial charge >= 0.3 is 0 Å². The summed E-state index contributed by atoms with van der Waals surface area (Å²) in [5.41, 5.74) is 9.74. The Bertz CT molecular complexity index is 1010. The summed E-state index contributed by atoms with van der Waals surface area (Å²) in [4.78, 5) is 12.4. The summed E-state index contributed by atoms with van der Waals surface area (Å²) in [6, 6.07) is 16.9. The van der Waals surface area contributed by atoms with E-state index in [1.165, 1.54) is 14.0 Å². The highest BCUT2D eigenvalue weighted by Gasteiger charge is 2.21. The lowest BCUT2D eigenvalue weighted by Crippen LogP contribution is -2.06. The van der Waals surface area contributed by atoms with Crippen LogP contribution in [0.5, 0.6) is 23.0 Å². The van der Waals surface area contributed by atoms with Crippen molar-refractivity contribution >= 4 is 11.5 Å². The van der Waals surface area contributed by atoms with Crippen LogP contribution < -0.4 is 19.9 Å². The Morgan fingerprint density at radius 1 is 0.931 bits per heavy atom. The van der Waals surface area contributed by atoms with Gasteiger partial charge in [0.15, 0.2) is 17.3 Å². The van der Waals surface area contributed by atoms with Crippen molar-refractivity contribution < 1.29 is 19.0 Å². The fourth-order valence-electron chi connectivity index (χ4n) is 3.27. The summed E-state index contributed by atoms with van der Waals surface area (Å²) in [6.07, 6.45) is 0. The van der Waals surface area contributed by atoms with Gasteiger partial charge in [-0.2, -0.15) is 0 Å². The number of carbonyl (C=O) groups excluding carboxylic acids is 1. The number of hydrogen-bond donors (Lipinski definition) is 1. The first-order chi connectivity index (χ1) is 13.9. The molecule has 29 heavy (non-hydrogen) atoms. The number of methoxy groups -OCH3 is 1. The summed E-state index contributed by atoms with van der Waals surface area (Å²) >= 11 is 0. The molecule has 0 aliphatic rings. The summed E-state index contributed by atoms with van der Waals surface area (Å²) in [5.74, 6) is 1.77. The van der Waals surface area contributed by atoms with Gasteiger partial charge < -0.3 is 19.9 Å². The molecule has 150 valence electrons. The van der Waals surface area contributed by atoms with Crippen molar-refractivity contribution in [2.45, 2.75) is 27.4 Å². The quantitative estimate of drug-likeness (QED) is 0.427. The van der Waals surface area contributed by atoms with E-state index >= 15 is 0 Å². The highest BCUT2D eigenvalue weighted by molar-refractivity contribution is 6.00. The van der Waals surface area contributed by atoms with E-state index in [2.05, 4.69) is 0 Å². The van der Waals surface area contributed by atoms with Crippen LogP contribution in [0.4, 0.5) is 5.69 Å². The first kappa shape index (κ1) is 20.3. The molecule has 0 aliphatic heterocycles. The number of ether oxygens (including phenoxy) is 3. The van der Waals surface area contributed by atoms with Crippen molar-refractivity contribution in [3.63, 3.8) is 0 Å². The number of rotatable bonds is 7. The maximum Gasteiger partial charge on any atom is 0.175 e. The lowest BCUT2D eigenvalue weighted by Gasteiger charge is -2.19. The molecule has 5 nitrogen and oxygen atoms in total. The smallest absolute Gasteiger partial charge is 0.175 e. The summed E-state index contributed by atoms with van der Waals surface area (Å²) in [5, 5.41) is 0. The van der Waals surface area contributed by atoms with Crippen LogP contribution in [0.1, 0.15) is 34.0 Å². The second-order valence-electron chi connectivity index (χ2n) is 6.89.